The van der Waals surface area contributed by atoms with E-state index in [1.807, 2.05) is 31.2 Å². The lowest BCUT2D eigenvalue weighted by Crippen LogP contribution is -1.92. The molecule has 1 aromatic carbocycles. The van der Waals surface area contributed by atoms with Crippen LogP contribution < -0.4 is 0 Å². The summed E-state index contributed by atoms with van der Waals surface area (Å²) in [5.41, 5.74) is 1.15. The zero-order chi connectivity index (χ0) is 8.10. The molecule has 1 nitrogen and oxygen atoms in total. The van der Waals surface area contributed by atoms with Gasteiger partial charge in [0.1, 0.15) is 0 Å². The fourth-order valence-corrected chi connectivity index (χ4v) is 1.07. The highest BCUT2D eigenvalue weighted by atomic mass is 32.1. The molecule has 0 heterocycles. The van der Waals surface area contributed by atoms with E-state index in [1.54, 1.807) is 0 Å². The third-order valence-corrected chi connectivity index (χ3v) is 1.89. The van der Waals surface area contributed by atoms with Gasteiger partial charge in [0.15, 0.2) is 0 Å². The van der Waals surface area contributed by atoms with Crippen molar-refractivity contribution in [1.82, 2.24) is 0 Å². The molecule has 0 fully saturated rings. The SMILES string of the molecule is CCOCc1ccccc1S. The molecule has 0 N–H and O–H groups in total. The van der Waals surface area contributed by atoms with Crippen molar-refractivity contribution in [3.8, 4) is 0 Å². The molecule has 0 unspecified atom stereocenters. The Morgan fingerprint density at radius 3 is 2.73 bits per heavy atom. The molecule has 1 rings (SSSR count). The van der Waals surface area contributed by atoms with Crippen molar-refractivity contribution in [1.29, 1.82) is 0 Å². The summed E-state index contributed by atoms with van der Waals surface area (Å²) < 4.78 is 5.25. The third-order valence-electron chi connectivity index (χ3n) is 1.45. The summed E-state index contributed by atoms with van der Waals surface area (Å²) in [6.07, 6.45) is 0. The average Bonchev–Trinajstić information content (AvgIpc) is 2.03. The molecule has 0 aliphatic heterocycles. The highest BCUT2D eigenvalue weighted by molar-refractivity contribution is 7.80. The van der Waals surface area contributed by atoms with Gasteiger partial charge in [-0.25, -0.2) is 0 Å². The summed E-state index contributed by atoms with van der Waals surface area (Å²) >= 11 is 4.29. The van der Waals surface area contributed by atoms with Crippen LogP contribution in [0.25, 0.3) is 0 Å². The van der Waals surface area contributed by atoms with Crippen LogP contribution in [0.2, 0.25) is 0 Å². The van der Waals surface area contributed by atoms with Gasteiger partial charge in [-0.1, -0.05) is 18.2 Å². The van der Waals surface area contributed by atoms with Crippen LogP contribution in [-0.2, 0) is 11.3 Å². The number of hydrogen-bond donors (Lipinski definition) is 1. The smallest absolute Gasteiger partial charge is 0.0727 e. The molecule has 11 heavy (non-hydrogen) atoms. The summed E-state index contributed by atoms with van der Waals surface area (Å²) in [6, 6.07) is 7.96. The lowest BCUT2D eigenvalue weighted by Gasteiger charge is -2.03. The first kappa shape index (κ1) is 8.62. The van der Waals surface area contributed by atoms with Gasteiger partial charge < -0.3 is 4.74 Å². The molecule has 2 heteroatoms. The van der Waals surface area contributed by atoms with E-state index in [2.05, 4.69) is 12.6 Å². The molecular formula is C9H12OS. The van der Waals surface area contributed by atoms with Gasteiger partial charge in [0.2, 0.25) is 0 Å². The Labute approximate surface area is 72.8 Å². The standard InChI is InChI=1S/C9H12OS/c1-2-10-7-8-5-3-4-6-9(8)11/h3-6,11H,2,7H2,1H3. The predicted molar refractivity (Wildman–Crippen MR) is 49.0 cm³/mol. The Bertz CT molecular complexity index is 223. The van der Waals surface area contributed by atoms with E-state index in [-0.39, 0.29) is 0 Å². The summed E-state index contributed by atoms with van der Waals surface area (Å²) in [4.78, 5) is 1.00. The first-order valence-corrected chi connectivity index (χ1v) is 4.14. The van der Waals surface area contributed by atoms with E-state index in [0.29, 0.717) is 6.61 Å². The first-order chi connectivity index (χ1) is 5.34. The zero-order valence-corrected chi connectivity index (χ0v) is 7.47. The second kappa shape index (κ2) is 4.42. The van der Waals surface area contributed by atoms with Crippen molar-refractivity contribution >= 4 is 12.6 Å². The molecule has 0 aromatic heterocycles. The van der Waals surface area contributed by atoms with Crippen molar-refractivity contribution in [2.75, 3.05) is 6.61 Å². The maximum Gasteiger partial charge on any atom is 0.0727 e. The third kappa shape index (κ3) is 2.56. The highest BCUT2D eigenvalue weighted by Gasteiger charge is 1.95. The minimum Gasteiger partial charge on any atom is -0.377 e. The fourth-order valence-electron chi connectivity index (χ4n) is 0.845. The molecular weight excluding hydrogens is 156 g/mol. The summed E-state index contributed by atoms with van der Waals surface area (Å²) in [5.74, 6) is 0. The fraction of sp³-hybridized carbons (Fsp3) is 0.333. The average molecular weight is 168 g/mol. The van der Waals surface area contributed by atoms with Gasteiger partial charge >= 0.3 is 0 Å². The van der Waals surface area contributed by atoms with Crippen LogP contribution in [0.1, 0.15) is 12.5 Å². The zero-order valence-electron chi connectivity index (χ0n) is 6.58. The van der Waals surface area contributed by atoms with Crippen molar-refractivity contribution in [2.24, 2.45) is 0 Å². The molecule has 0 saturated heterocycles. The van der Waals surface area contributed by atoms with Crippen molar-refractivity contribution in [3.63, 3.8) is 0 Å². The van der Waals surface area contributed by atoms with Crippen molar-refractivity contribution < 1.29 is 4.74 Å². The van der Waals surface area contributed by atoms with Crippen LogP contribution in [0.5, 0.6) is 0 Å². The Balaban J connectivity index is 2.62. The van der Waals surface area contributed by atoms with Crippen LogP contribution in [0.15, 0.2) is 29.2 Å². The van der Waals surface area contributed by atoms with E-state index >= 15 is 0 Å². The summed E-state index contributed by atoms with van der Waals surface area (Å²) in [7, 11) is 0. The second-order valence-electron chi connectivity index (χ2n) is 2.27. The largest absolute Gasteiger partial charge is 0.377 e. The van der Waals surface area contributed by atoms with Gasteiger partial charge in [-0.2, -0.15) is 0 Å². The van der Waals surface area contributed by atoms with Gasteiger partial charge in [0.25, 0.3) is 0 Å². The van der Waals surface area contributed by atoms with E-state index in [0.717, 1.165) is 17.1 Å². The van der Waals surface area contributed by atoms with Crippen LogP contribution in [0.4, 0.5) is 0 Å². The summed E-state index contributed by atoms with van der Waals surface area (Å²) in [6.45, 7) is 3.40. The monoisotopic (exact) mass is 168 g/mol. The first-order valence-electron chi connectivity index (χ1n) is 3.69. The quantitative estimate of drug-likeness (QED) is 0.682. The van der Waals surface area contributed by atoms with E-state index in [1.165, 1.54) is 0 Å². The Morgan fingerprint density at radius 1 is 1.36 bits per heavy atom. The van der Waals surface area contributed by atoms with E-state index in [9.17, 15) is 0 Å². The van der Waals surface area contributed by atoms with Crippen LogP contribution >= 0.6 is 12.6 Å². The molecule has 1 aromatic rings. The lowest BCUT2D eigenvalue weighted by atomic mass is 10.2. The minimum absolute atomic E-state index is 0.663. The topological polar surface area (TPSA) is 9.23 Å². The van der Waals surface area contributed by atoms with Gasteiger partial charge in [-0.3, -0.25) is 0 Å². The summed E-state index contributed by atoms with van der Waals surface area (Å²) in [5, 5.41) is 0. The Kier molecular flexibility index (Phi) is 3.46. The minimum atomic E-state index is 0.663. The Morgan fingerprint density at radius 2 is 2.09 bits per heavy atom. The highest BCUT2D eigenvalue weighted by Crippen LogP contribution is 2.13. The van der Waals surface area contributed by atoms with Crippen molar-refractivity contribution in [3.05, 3.63) is 29.8 Å². The molecule has 0 saturated carbocycles. The van der Waals surface area contributed by atoms with Gasteiger partial charge in [-0.15, -0.1) is 12.6 Å². The van der Waals surface area contributed by atoms with E-state index in [4.69, 9.17) is 4.74 Å². The number of thiol groups is 1. The molecule has 0 radical (unpaired) electrons. The molecule has 0 atom stereocenters. The molecule has 60 valence electrons. The number of ether oxygens (including phenoxy) is 1. The van der Waals surface area contributed by atoms with Gasteiger partial charge in [-0.05, 0) is 18.6 Å². The molecule has 0 aliphatic carbocycles. The van der Waals surface area contributed by atoms with Crippen LogP contribution in [0.3, 0.4) is 0 Å². The molecule has 0 aliphatic rings. The number of hydrogen-bond acceptors (Lipinski definition) is 2. The van der Waals surface area contributed by atoms with Gasteiger partial charge in [0, 0.05) is 11.5 Å². The second-order valence-corrected chi connectivity index (χ2v) is 2.75. The number of rotatable bonds is 3. The maximum absolute atomic E-state index is 5.25. The Hall–Kier alpha value is -0.470. The van der Waals surface area contributed by atoms with Gasteiger partial charge in [0.05, 0.1) is 6.61 Å². The predicted octanol–water partition coefficient (Wildman–Crippen LogP) is 2.51. The number of benzene rings is 1. The molecule has 0 spiro atoms. The lowest BCUT2D eigenvalue weighted by molar-refractivity contribution is 0.132. The van der Waals surface area contributed by atoms with Crippen LogP contribution in [0, 0.1) is 0 Å². The normalized spacial score (nSPS) is 10.0. The molecule has 0 amide bonds. The van der Waals surface area contributed by atoms with E-state index < -0.39 is 0 Å². The molecule has 0 bridgehead atoms. The van der Waals surface area contributed by atoms with Crippen LogP contribution in [-0.4, -0.2) is 6.61 Å². The maximum atomic E-state index is 5.25. The van der Waals surface area contributed by atoms with Crippen molar-refractivity contribution in [2.45, 2.75) is 18.4 Å².